The fraction of sp³-hybridized carbons (Fsp3) is 0.125. The summed E-state index contributed by atoms with van der Waals surface area (Å²) in [5, 5.41) is 11.1. The number of hydrogen-bond acceptors (Lipinski definition) is 7. The van der Waals surface area contributed by atoms with Gasteiger partial charge in [-0.3, -0.25) is 4.98 Å². The van der Waals surface area contributed by atoms with E-state index < -0.39 is 0 Å². The summed E-state index contributed by atoms with van der Waals surface area (Å²) in [7, 11) is 0. The quantitative estimate of drug-likeness (QED) is 0.761. The predicted octanol–water partition coefficient (Wildman–Crippen LogP) is 2.42. The van der Waals surface area contributed by atoms with E-state index in [2.05, 4.69) is 30.7 Å². The Labute approximate surface area is 142 Å². The second-order valence-corrected chi connectivity index (χ2v) is 6.00. The van der Waals surface area contributed by atoms with Crippen molar-refractivity contribution in [3.8, 4) is 0 Å². The first-order chi connectivity index (χ1) is 11.8. The number of aliphatic imine (C=N–C) groups is 1. The van der Waals surface area contributed by atoms with Crippen LogP contribution in [0.4, 0.5) is 11.5 Å². The fourth-order valence-corrected chi connectivity index (χ4v) is 2.81. The molecule has 1 unspecified atom stereocenters. The van der Waals surface area contributed by atoms with Crippen molar-refractivity contribution in [2.24, 2.45) is 4.99 Å². The van der Waals surface area contributed by atoms with E-state index >= 15 is 0 Å². The van der Waals surface area contributed by atoms with Crippen molar-refractivity contribution >= 4 is 34.5 Å². The van der Waals surface area contributed by atoms with Crippen molar-refractivity contribution in [3.05, 3.63) is 61.0 Å². The summed E-state index contributed by atoms with van der Waals surface area (Å²) < 4.78 is 1.80. The van der Waals surface area contributed by atoms with Gasteiger partial charge in [0.1, 0.15) is 11.2 Å². The SMILES string of the molecule is CSC1N=C(c2nc(Nc3ccncc3)c3cccn3n2)C=CN1. The lowest BCUT2D eigenvalue weighted by Crippen LogP contribution is -2.25. The standard InChI is InChI=1S/C16H15N7S/c1-24-16-18-9-6-12(20-16)14-21-15(13-3-2-10-23(13)22-14)19-11-4-7-17-8-5-11/h2-10,16,18H,1H3,(H,17,19,21,22). The molecule has 0 radical (unpaired) electrons. The number of thioether (sulfide) groups is 1. The van der Waals surface area contributed by atoms with Crippen molar-refractivity contribution in [1.29, 1.82) is 0 Å². The van der Waals surface area contributed by atoms with Crippen LogP contribution in [0.3, 0.4) is 0 Å². The predicted molar refractivity (Wildman–Crippen MR) is 96.6 cm³/mol. The molecule has 1 atom stereocenters. The van der Waals surface area contributed by atoms with Crippen LogP contribution in [0.2, 0.25) is 0 Å². The number of fused-ring (bicyclic) bond motifs is 1. The highest BCUT2D eigenvalue weighted by Crippen LogP contribution is 2.20. The second-order valence-electron chi connectivity index (χ2n) is 5.09. The summed E-state index contributed by atoms with van der Waals surface area (Å²) in [5.41, 5.74) is 2.55. The molecule has 1 aliphatic heterocycles. The molecule has 1 aliphatic rings. The summed E-state index contributed by atoms with van der Waals surface area (Å²) in [6, 6.07) is 7.70. The molecule has 2 N–H and O–H groups in total. The van der Waals surface area contributed by atoms with E-state index in [0.717, 1.165) is 22.7 Å². The molecule has 0 saturated carbocycles. The van der Waals surface area contributed by atoms with E-state index in [1.54, 1.807) is 28.7 Å². The van der Waals surface area contributed by atoms with Gasteiger partial charge in [-0.1, -0.05) is 0 Å². The van der Waals surface area contributed by atoms with Gasteiger partial charge in [0.2, 0.25) is 0 Å². The Morgan fingerprint density at radius 3 is 2.96 bits per heavy atom. The average molecular weight is 337 g/mol. The first-order valence-corrected chi connectivity index (χ1v) is 8.68. The highest BCUT2D eigenvalue weighted by atomic mass is 32.2. The number of anilines is 2. The smallest absolute Gasteiger partial charge is 0.200 e. The number of pyridine rings is 1. The van der Waals surface area contributed by atoms with Gasteiger partial charge >= 0.3 is 0 Å². The monoisotopic (exact) mass is 337 g/mol. The summed E-state index contributed by atoms with van der Waals surface area (Å²) >= 11 is 1.62. The molecule has 120 valence electrons. The molecule has 3 aromatic rings. The van der Waals surface area contributed by atoms with Gasteiger partial charge in [-0.2, -0.15) is 0 Å². The van der Waals surface area contributed by atoms with Crippen LogP contribution in [-0.4, -0.2) is 37.0 Å². The second kappa shape index (κ2) is 6.32. The fourth-order valence-electron chi connectivity index (χ4n) is 2.38. The van der Waals surface area contributed by atoms with Crippen LogP contribution in [0, 0.1) is 0 Å². The van der Waals surface area contributed by atoms with Crippen LogP contribution in [0.25, 0.3) is 5.52 Å². The molecular formula is C16H15N7S. The molecule has 0 saturated heterocycles. The van der Waals surface area contributed by atoms with Crippen molar-refractivity contribution < 1.29 is 0 Å². The van der Waals surface area contributed by atoms with Crippen molar-refractivity contribution in [2.45, 2.75) is 5.50 Å². The van der Waals surface area contributed by atoms with E-state index in [0.29, 0.717) is 5.82 Å². The number of rotatable bonds is 4. The molecule has 8 heteroatoms. The van der Waals surface area contributed by atoms with E-state index in [9.17, 15) is 0 Å². The molecule has 0 bridgehead atoms. The molecule has 7 nitrogen and oxygen atoms in total. The Kier molecular flexibility index (Phi) is 3.87. The van der Waals surface area contributed by atoms with Crippen LogP contribution in [0.15, 0.2) is 60.1 Å². The lowest BCUT2D eigenvalue weighted by Gasteiger charge is -2.16. The minimum absolute atomic E-state index is 0.0226. The lowest BCUT2D eigenvalue weighted by molar-refractivity contribution is 0.807. The molecule has 0 fully saturated rings. The Balaban J connectivity index is 1.78. The molecule has 0 aliphatic carbocycles. The molecule has 4 rings (SSSR count). The highest BCUT2D eigenvalue weighted by molar-refractivity contribution is 7.99. The van der Waals surface area contributed by atoms with Gasteiger partial charge in [-0.15, -0.1) is 16.9 Å². The molecule has 0 amide bonds. The number of allylic oxidation sites excluding steroid dienone is 1. The molecule has 0 spiro atoms. The summed E-state index contributed by atoms with van der Waals surface area (Å²) in [6.07, 6.45) is 11.1. The van der Waals surface area contributed by atoms with Crippen LogP contribution >= 0.6 is 11.8 Å². The number of nitrogens with zero attached hydrogens (tertiary/aromatic N) is 5. The zero-order chi connectivity index (χ0) is 16.4. The van der Waals surface area contributed by atoms with Crippen molar-refractivity contribution in [2.75, 3.05) is 11.6 Å². The normalized spacial score (nSPS) is 16.7. The highest BCUT2D eigenvalue weighted by Gasteiger charge is 2.15. The average Bonchev–Trinajstić information content (AvgIpc) is 3.11. The number of aromatic nitrogens is 4. The largest absolute Gasteiger partial charge is 0.361 e. The Hall–Kier alpha value is -2.87. The topological polar surface area (TPSA) is 79.5 Å². The van der Waals surface area contributed by atoms with E-state index in [-0.39, 0.29) is 5.50 Å². The summed E-state index contributed by atoms with van der Waals surface area (Å²) in [5.74, 6) is 1.30. The first kappa shape index (κ1) is 14.7. The van der Waals surface area contributed by atoms with Gasteiger partial charge in [0.15, 0.2) is 17.1 Å². The van der Waals surface area contributed by atoms with Gasteiger partial charge < -0.3 is 10.6 Å². The Bertz CT molecular complexity index is 917. The van der Waals surface area contributed by atoms with E-state index in [4.69, 9.17) is 0 Å². The van der Waals surface area contributed by atoms with Gasteiger partial charge in [-0.25, -0.2) is 14.5 Å². The third-order valence-corrected chi connectivity index (χ3v) is 4.21. The maximum atomic E-state index is 4.68. The molecule has 3 aromatic heterocycles. The van der Waals surface area contributed by atoms with Crippen LogP contribution < -0.4 is 10.6 Å². The maximum absolute atomic E-state index is 4.68. The van der Waals surface area contributed by atoms with Crippen molar-refractivity contribution in [1.82, 2.24) is 24.9 Å². The number of hydrogen-bond donors (Lipinski definition) is 2. The zero-order valence-corrected chi connectivity index (χ0v) is 13.7. The first-order valence-electron chi connectivity index (χ1n) is 7.39. The van der Waals surface area contributed by atoms with Crippen LogP contribution in [0.5, 0.6) is 0 Å². The van der Waals surface area contributed by atoms with Crippen LogP contribution in [0.1, 0.15) is 5.82 Å². The zero-order valence-electron chi connectivity index (χ0n) is 12.9. The molecule has 24 heavy (non-hydrogen) atoms. The van der Waals surface area contributed by atoms with E-state index in [1.807, 2.05) is 49.0 Å². The third-order valence-electron chi connectivity index (χ3n) is 3.52. The van der Waals surface area contributed by atoms with Gasteiger partial charge in [0.05, 0.1) is 0 Å². The molecule has 0 aromatic carbocycles. The van der Waals surface area contributed by atoms with Crippen molar-refractivity contribution in [3.63, 3.8) is 0 Å². The summed E-state index contributed by atoms with van der Waals surface area (Å²) in [4.78, 5) is 13.3. The number of nitrogens with one attached hydrogen (secondary N) is 2. The maximum Gasteiger partial charge on any atom is 0.200 e. The Morgan fingerprint density at radius 1 is 1.25 bits per heavy atom. The van der Waals surface area contributed by atoms with Gasteiger partial charge in [0, 0.05) is 30.5 Å². The van der Waals surface area contributed by atoms with E-state index in [1.165, 1.54) is 0 Å². The van der Waals surface area contributed by atoms with Gasteiger partial charge in [0.25, 0.3) is 0 Å². The lowest BCUT2D eigenvalue weighted by atomic mass is 10.3. The third kappa shape index (κ3) is 2.83. The van der Waals surface area contributed by atoms with Gasteiger partial charge in [-0.05, 0) is 36.6 Å². The summed E-state index contributed by atoms with van der Waals surface area (Å²) in [6.45, 7) is 0. The Morgan fingerprint density at radius 2 is 2.12 bits per heavy atom. The molecule has 4 heterocycles. The van der Waals surface area contributed by atoms with Crippen LogP contribution in [-0.2, 0) is 0 Å². The minimum Gasteiger partial charge on any atom is -0.361 e. The molecular weight excluding hydrogens is 322 g/mol. The minimum atomic E-state index is -0.0226.